The number of carbonyl (C=O) groups is 2. The molecule has 0 spiro atoms. The Bertz CT molecular complexity index is 716. The van der Waals surface area contributed by atoms with E-state index >= 15 is 0 Å². The molecular formula is C22H31FN2O3. The van der Waals surface area contributed by atoms with Crippen LogP contribution in [0.25, 0.3) is 0 Å². The van der Waals surface area contributed by atoms with E-state index in [1.807, 2.05) is 11.0 Å². The molecule has 0 aliphatic carbocycles. The first kappa shape index (κ1) is 20.8. The summed E-state index contributed by atoms with van der Waals surface area (Å²) in [4.78, 5) is 29.7. The maximum absolute atomic E-state index is 13.7. The third kappa shape index (κ3) is 4.54. The Balaban J connectivity index is 1.71. The number of halogens is 1. The molecule has 1 aromatic rings. The number of benzene rings is 1. The quantitative estimate of drug-likeness (QED) is 0.776. The number of amides is 2. The topological polar surface area (TPSA) is 49.9 Å². The highest BCUT2D eigenvalue weighted by Gasteiger charge is 2.37. The van der Waals surface area contributed by atoms with Crippen LogP contribution in [0.5, 0.6) is 0 Å². The van der Waals surface area contributed by atoms with Crippen molar-refractivity contribution in [1.29, 1.82) is 0 Å². The van der Waals surface area contributed by atoms with E-state index in [1.165, 1.54) is 6.07 Å². The Kier molecular flexibility index (Phi) is 6.70. The van der Waals surface area contributed by atoms with Gasteiger partial charge in [0.1, 0.15) is 11.9 Å². The fourth-order valence-electron chi connectivity index (χ4n) is 4.26. The molecule has 2 amide bonds. The number of carbonyl (C=O) groups excluding carboxylic acids is 2. The molecule has 1 unspecified atom stereocenters. The molecule has 2 atom stereocenters. The molecule has 0 aromatic heterocycles. The maximum Gasteiger partial charge on any atom is 0.245 e. The summed E-state index contributed by atoms with van der Waals surface area (Å²) < 4.78 is 19.0. The minimum atomic E-state index is -0.353. The Morgan fingerprint density at radius 2 is 1.93 bits per heavy atom. The fraction of sp³-hybridized carbons (Fsp3) is 0.636. The van der Waals surface area contributed by atoms with Crippen molar-refractivity contribution in [2.75, 3.05) is 32.8 Å². The zero-order valence-corrected chi connectivity index (χ0v) is 17.1. The predicted octanol–water partition coefficient (Wildman–Crippen LogP) is 3.11. The van der Waals surface area contributed by atoms with E-state index in [0.717, 1.165) is 18.4 Å². The molecule has 28 heavy (non-hydrogen) atoms. The van der Waals surface area contributed by atoms with Crippen molar-refractivity contribution >= 4 is 11.8 Å². The van der Waals surface area contributed by atoms with Crippen molar-refractivity contribution in [2.45, 2.75) is 52.0 Å². The molecule has 2 heterocycles. The minimum absolute atomic E-state index is 0.00605. The molecule has 2 saturated heterocycles. The summed E-state index contributed by atoms with van der Waals surface area (Å²) in [7, 11) is 0. The van der Waals surface area contributed by atoms with Crippen LogP contribution in [0.2, 0.25) is 0 Å². The monoisotopic (exact) mass is 390 g/mol. The van der Waals surface area contributed by atoms with Gasteiger partial charge in [0.25, 0.3) is 0 Å². The lowest BCUT2D eigenvalue weighted by Gasteiger charge is -2.33. The lowest BCUT2D eigenvalue weighted by atomic mass is 9.84. The Morgan fingerprint density at radius 3 is 2.57 bits per heavy atom. The number of hydrogen-bond acceptors (Lipinski definition) is 3. The number of aryl methyl sites for hydroxylation is 1. The van der Waals surface area contributed by atoms with E-state index in [1.54, 1.807) is 17.9 Å². The average molecular weight is 390 g/mol. The van der Waals surface area contributed by atoms with Crippen LogP contribution in [-0.4, -0.2) is 60.5 Å². The van der Waals surface area contributed by atoms with Gasteiger partial charge in [0.15, 0.2) is 0 Å². The Hall–Kier alpha value is -1.95. The van der Waals surface area contributed by atoms with Gasteiger partial charge in [-0.15, -0.1) is 0 Å². The van der Waals surface area contributed by atoms with Crippen LogP contribution in [0.3, 0.4) is 0 Å². The van der Waals surface area contributed by atoms with Gasteiger partial charge >= 0.3 is 0 Å². The molecule has 0 N–H and O–H groups in total. The SMILES string of the molecule is Cc1cc(C(CC(=O)N2CCC[C@H]2C(=O)N2CCOCC2)C(C)C)ccc1F. The second-order valence-corrected chi connectivity index (χ2v) is 8.25. The van der Waals surface area contributed by atoms with Crippen LogP contribution in [0, 0.1) is 18.7 Å². The summed E-state index contributed by atoms with van der Waals surface area (Å²) in [5.41, 5.74) is 1.58. The molecule has 154 valence electrons. The minimum Gasteiger partial charge on any atom is -0.378 e. The standard InChI is InChI=1S/C22H31FN2O3/c1-15(2)18(17-6-7-19(23)16(3)13-17)14-21(26)25-8-4-5-20(25)22(27)24-9-11-28-12-10-24/h6-7,13,15,18,20H,4-5,8-12,14H2,1-3H3/t18?,20-/m0/s1. The second-order valence-electron chi connectivity index (χ2n) is 8.25. The van der Waals surface area contributed by atoms with Gasteiger partial charge in [0, 0.05) is 26.1 Å². The van der Waals surface area contributed by atoms with Gasteiger partial charge in [-0.3, -0.25) is 9.59 Å². The highest BCUT2D eigenvalue weighted by molar-refractivity contribution is 5.88. The van der Waals surface area contributed by atoms with Crippen molar-refractivity contribution < 1.29 is 18.7 Å². The molecule has 2 fully saturated rings. The van der Waals surface area contributed by atoms with Crippen LogP contribution in [0.4, 0.5) is 4.39 Å². The molecule has 0 bridgehead atoms. The number of likely N-dealkylation sites (tertiary alicyclic amines) is 1. The summed E-state index contributed by atoms with van der Waals surface area (Å²) in [6.45, 7) is 8.86. The molecule has 5 nitrogen and oxygen atoms in total. The van der Waals surface area contributed by atoms with Crippen molar-refractivity contribution in [2.24, 2.45) is 5.92 Å². The first-order chi connectivity index (χ1) is 13.4. The molecule has 1 aromatic carbocycles. The van der Waals surface area contributed by atoms with E-state index in [4.69, 9.17) is 4.74 Å². The van der Waals surface area contributed by atoms with Gasteiger partial charge < -0.3 is 14.5 Å². The number of rotatable bonds is 5. The molecule has 0 radical (unpaired) electrons. The average Bonchev–Trinajstić information content (AvgIpc) is 3.18. The molecule has 2 aliphatic rings. The molecular weight excluding hydrogens is 359 g/mol. The predicted molar refractivity (Wildman–Crippen MR) is 105 cm³/mol. The normalized spacial score (nSPS) is 21.2. The zero-order valence-electron chi connectivity index (χ0n) is 17.1. The van der Waals surface area contributed by atoms with Crippen LogP contribution in [0.15, 0.2) is 18.2 Å². The van der Waals surface area contributed by atoms with Crippen LogP contribution in [0.1, 0.15) is 50.2 Å². The van der Waals surface area contributed by atoms with Gasteiger partial charge in [-0.05, 0) is 48.8 Å². The molecule has 2 aliphatic heterocycles. The maximum atomic E-state index is 13.7. The van der Waals surface area contributed by atoms with Gasteiger partial charge in [-0.1, -0.05) is 26.0 Å². The van der Waals surface area contributed by atoms with Crippen molar-refractivity contribution in [3.8, 4) is 0 Å². The third-order valence-corrected chi connectivity index (χ3v) is 5.99. The number of hydrogen-bond donors (Lipinski definition) is 0. The second kappa shape index (κ2) is 9.03. The first-order valence-electron chi connectivity index (χ1n) is 10.3. The van der Waals surface area contributed by atoms with Gasteiger partial charge in [0.05, 0.1) is 13.2 Å². The fourth-order valence-corrected chi connectivity index (χ4v) is 4.26. The van der Waals surface area contributed by atoms with E-state index in [0.29, 0.717) is 44.8 Å². The molecule has 6 heteroatoms. The summed E-state index contributed by atoms with van der Waals surface area (Å²) in [5, 5.41) is 0. The number of ether oxygens (including phenoxy) is 1. The van der Waals surface area contributed by atoms with E-state index < -0.39 is 0 Å². The van der Waals surface area contributed by atoms with Crippen LogP contribution in [-0.2, 0) is 14.3 Å². The van der Waals surface area contributed by atoms with Crippen molar-refractivity contribution in [1.82, 2.24) is 9.80 Å². The highest BCUT2D eigenvalue weighted by atomic mass is 19.1. The van der Waals surface area contributed by atoms with Crippen LogP contribution >= 0.6 is 0 Å². The summed E-state index contributed by atoms with van der Waals surface area (Å²) in [5.74, 6) is 0.0855. The third-order valence-electron chi connectivity index (χ3n) is 5.99. The zero-order chi connectivity index (χ0) is 20.3. The van der Waals surface area contributed by atoms with Crippen molar-refractivity contribution in [3.63, 3.8) is 0 Å². The van der Waals surface area contributed by atoms with Gasteiger partial charge in [-0.2, -0.15) is 0 Å². The largest absolute Gasteiger partial charge is 0.378 e. The first-order valence-corrected chi connectivity index (χ1v) is 10.3. The highest BCUT2D eigenvalue weighted by Crippen LogP contribution is 2.31. The number of nitrogens with zero attached hydrogens (tertiary/aromatic N) is 2. The Morgan fingerprint density at radius 1 is 1.21 bits per heavy atom. The lowest BCUT2D eigenvalue weighted by molar-refractivity contribution is -0.146. The summed E-state index contributed by atoms with van der Waals surface area (Å²) >= 11 is 0. The van der Waals surface area contributed by atoms with Gasteiger partial charge in [-0.25, -0.2) is 4.39 Å². The van der Waals surface area contributed by atoms with E-state index in [2.05, 4.69) is 13.8 Å². The van der Waals surface area contributed by atoms with Crippen LogP contribution < -0.4 is 0 Å². The molecule has 0 saturated carbocycles. The van der Waals surface area contributed by atoms with Crippen molar-refractivity contribution in [3.05, 3.63) is 35.1 Å². The summed E-state index contributed by atoms with van der Waals surface area (Å²) in [6.07, 6.45) is 1.92. The molecule has 3 rings (SSSR count). The number of morpholine rings is 1. The van der Waals surface area contributed by atoms with E-state index in [-0.39, 0.29) is 35.5 Å². The summed E-state index contributed by atoms with van der Waals surface area (Å²) in [6, 6.07) is 4.74. The Labute approximate surface area is 166 Å². The van der Waals surface area contributed by atoms with E-state index in [9.17, 15) is 14.0 Å². The smallest absolute Gasteiger partial charge is 0.245 e. The lowest BCUT2D eigenvalue weighted by Crippen LogP contribution is -2.51. The van der Waals surface area contributed by atoms with Gasteiger partial charge in [0.2, 0.25) is 11.8 Å².